The van der Waals surface area contributed by atoms with E-state index in [2.05, 4.69) is 15.2 Å². The number of hydroxylamine groups is 1. The van der Waals surface area contributed by atoms with Gasteiger partial charge in [-0.25, -0.2) is 5.48 Å². The van der Waals surface area contributed by atoms with E-state index in [0.717, 1.165) is 5.56 Å². The topological polar surface area (TPSA) is 64.4 Å². The zero-order valence-electron chi connectivity index (χ0n) is 8.42. The van der Waals surface area contributed by atoms with E-state index in [1.54, 1.807) is 0 Å². The van der Waals surface area contributed by atoms with Crippen LogP contribution >= 0.6 is 0 Å². The van der Waals surface area contributed by atoms with Crippen molar-refractivity contribution in [3.05, 3.63) is 53.9 Å². The maximum atomic E-state index is 11.3. The Morgan fingerprint density at radius 2 is 2.12 bits per heavy atom. The van der Waals surface area contributed by atoms with Gasteiger partial charge in [0.15, 0.2) is 0 Å². The fourth-order valence-corrected chi connectivity index (χ4v) is 1.14. The lowest BCUT2D eigenvalue weighted by molar-refractivity contribution is 0.0206. The molecule has 2 rings (SSSR count). The molecule has 0 bridgehead atoms. The molecule has 0 unspecified atom stereocenters. The van der Waals surface area contributed by atoms with Gasteiger partial charge in [-0.2, -0.15) is 0 Å². The zero-order chi connectivity index (χ0) is 11.2. The molecule has 1 aromatic carbocycles. The summed E-state index contributed by atoms with van der Waals surface area (Å²) in [7, 11) is 0. The summed E-state index contributed by atoms with van der Waals surface area (Å²) in [6.45, 7) is 0.306. The van der Waals surface area contributed by atoms with E-state index in [9.17, 15) is 4.79 Å². The number of rotatable bonds is 4. The lowest BCUT2D eigenvalue weighted by Gasteiger charge is -2.03. The van der Waals surface area contributed by atoms with Crippen molar-refractivity contribution < 1.29 is 14.2 Å². The summed E-state index contributed by atoms with van der Waals surface area (Å²) in [6, 6.07) is 11.0. The van der Waals surface area contributed by atoms with E-state index >= 15 is 0 Å². The molecule has 1 N–H and O–H groups in total. The second-order valence-corrected chi connectivity index (χ2v) is 3.08. The van der Waals surface area contributed by atoms with Crippen LogP contribution in [0.1, 0.15) is 16.1 Å². The number of carbonyl (C=O) groups is 1. The van der Waals surface area contributed by atoms with Gasteiger partial charge in [-0.15, -0.1) is 0 Å². The Bertz CT molecular complexity index is 440. The predicted octanol–water partition coefficient (Wildman–Crippen LogP) is 1.54. The molecule has 0 saturated heterocycles. The number of benzene rings is 1. The third-order valence-electron chi connectivity index (χ3n) is 1.91. The second-order valence-electron chi connectivity index (χ2n) is 3.08. The van der Waals surface area contributed by atoms with Crippen molar-refractivity contribution >= 4 is 5.91 Å². The van der Waals surface area contributed by atoms with E-state index in [1.807, 2.05) is 30.3 Å². The highest BCUT2D eigenvalue weighted by Crippen LogP contribution is 2.00. The van der Waals surface area contributed by atoms with Crippen molar-refractivity contribution in [3.63, 3.8) is 0 Å². The third-order valence-corrected chi connectivity index (χ3v) is 1.91. The van der Waals surface area contributed by atoms with Crippen LogP contribution in [-0.2, 0) is 11.4 Å². The quantitative estimate of drug-likeness (QED) is 0.790. The summed E-state index contributed by atoms with van der Waals surface area (Å²) in [5, 5.41) is 3.42. The third kappa shape index (κ3) is 2.68. The number of amides is 1. The van der Waals surface area contributed by atoms with Gasteiger partial charge in [0.2, 0.25) is 5.76 Å². The summed E-state index contributed by atoms with van der Waals surface area (Å²) in [5.41, 5.74) is 3.23. The molecule has 1 aromatic heterocycles. The van der Waals surface area contributed by atoms with Crippen LogP contribution < -0.4 is 5.48 Å². The van der Waals surface area contributed by atoms with Crippen LogP contribution in [0.15, 0.2) is 47.1 Å². The number of hydrogen-bond donors (Lipinski definition) is 1. The molecule has 0 aliphatic rings. The van der Waals surface area contributed by atoms with E-state index < -0.39 is 5.91 Å². The normalized spacial score (nSPS) is 10.0. The van der Waals surface area contributed by atoms with Crippen LogP contribution in [0.4, 0.5) is 0 Å². The molecular formula is C11H10N2O3. The lowest BCUT2D eigenvalue weighted by atomic mass is 10.2. The molecule has 0 fully saturated rings. The second kappa shape index (κ2) is 5.09. The molecule has 1 heterocycles. The average Bonchev–Trinajstić information content (AvgIpc) is 2.84. The Kier molecular flexibility index (Phi) is 3.30. The number of carbonyl (C=O) groups excluding carboxylic acids is 1. The summed E-state index contributed by atoms with van der Waals surface area (Å²) in [4.78, 5) is 16.3. The zero-order valence-corrected chi connectivity index (χ0v) is 8.42. The van der Waals surface area contributed by atoms with Crippen LogP contribution in [0.5, 0.6) is 0 Å². The molecule has 16 heavy (non-hydrogen) atoms. The Labute approximate surface area is 92.0 Å². The van der Waals surface area contributed by atoms with Crippen LogP contribution in [0.25, 0.3) is 0 Å². The number of hydrogen-bond acceptors (Lipinski definition) is 4. The molecule has 0 aliphatic heterocycles. The summed E-state index contributed by atoms with van der Waals surface area (Å²) in [5.74, 6) is -0.332. The van der Waals surface area contributed by atoms with Gasteiger partial charge in [0, 0.05) is 6.07 Å². The standard InChI is InChI=1S/C11H10N2O3/c14-11(10-6-7-12-16-10)13-15-8-9-4-2-1-3-5-9/h1-7H,8H2,(H,13,14). The average molecular weight is 218 g/mol. The van der Waals surface area contributed by atoms with Crippen molar-refractivity contribution in [2.75, 3.05) is 0 Å². The first-order valence-electron chi connectivity index (χ1n) is 4.73. The van der Waals surface area contributed by atoms with E-state index in [1.165, 1.54) is 12.3 Å². The predicted molar refractivity (Wildman–Crippen MR) is 55.2 cm³/mol. The van der Waals surface area contributed by atoms with Gasteiger partial charge >= 0.3 is 5.91 Å². The van der Waals surface area contributed by atoms with Gasteiger partial charge in [-0.05, 0) is 5.56 Å². The van der Waals surface area contributed by atoms with Crippen molar-refractivity contribution in [1.82, 2.24) is 10.6 Å². The van der Waals surface area contributed by atoms with Gasteiger partial charge in [0.25, 0.3) is 0 Å². The Morgan fingerprint density at radius 3 is 2.81 bits per heavy atom. The maximum absolute atomic E-state index is 11.3. The van der Waals surface area contributed by atoms with E-state index in [0.29, 0.717) is 6.61 Å². The van der Waals surface area contributed by atoms with E-state index in [4.69, 9.17) is 4.84 Å². The Hall–Kier alpha value is -2.14. The van der Waals surface area contributed by atoms with Crippen LogP contribution in [0, 0.1) is 0 Å². The Morgan fingerprint density at radius 1 is 1.31 bits per heavy atom. The minimum absolute atomic E-state index is 0.119. The highest BCUT2D eigenvalue weighted by atomic mass is 16.7. The number of aromatic nitrogens is 1. The largest absolute Gasteiger partial charge is 0.351 e. The SMILES string of the molecule is O=C(NOCc1ccccc1)c1ccno1. The number of nitrogens with one attached hydrogen (secondary N) is 1. The first kappa shape index (κ1) is 10.4. The van der Waals surface area contributed by atoms with Crippen molar-refractivity contribution in [1.29, 1.82) is 0 Å². The number of nitrogens with zero attached hydrogens (tertiary/aromatic N) is 1. The molecule has 2 aromatic rings. The van der Waals surface area contributed by atoms with Gasteiger partial charge in [-0.1, -0.05) is 35.5 Å². The molecule has 5 nitrogen and oxygen atoms in total. The van der Waals surface area contributed by atoms with Gasteiger partial charge < -0.3 is 4.52 Å². The lowest BCUT2D eigenvalue weighted by Crippen LogP contribution is -2.23. The Balaban J connectivity index is 1.79. The van der Waals surface area contributed by atoms with Crippen LogP contribution in [0.2, 0.25) is 0 Å². The molecule has 0 spiro atoms. The first-order chi connectivity index (χ1) is 7.86. The highest BCUT2D eigenvalue weighted by molar-refractivity contribution is 5.90. The monoisotopic (exact) mass is 218 g/mol. The molecule has 0 aliphatic carbocycles. The van der Waals surface area contributed by atoms with Crippen molar-refractivity contribution in [2.24, 2.45) is 0 Å². The molecule has 1 amide bonds. The first-order valence-corrected chi connectivity index (χ1v) is 4.73. The molecule has 0 atom stereocenters. The highest BCUT2D eigenvalue weighted by Gasteiger charge is 2.08. The van der Waals surface area contributed by atoms with Gasteiger partial charge in [0.05, 0.1) is 12.8 Å². The molecule has 0 radical (unpaired) electrons. The summed E-state index contributed by atoms with van der Waals surface area (Å²) in [6.07, 6.45) is 1.39. The summed E-state index contributed by atoms with van der Waals surface area (Å²) >= 11 is 0. The van der Waals surface area contributed by atoms with Gasteiger partial charge in [-0.3, -0.25) is 9.63 Å². The minimum atomic E-state index is -0.451. The molecular weight excluding hydrogens is 208 g/mol. The molecule has 82 valence electrons. The van der Waals surface area contributed by atoms with Crippen molar-refractivity contribution in [3.8, 4) is 0 Å². The van der Waals surface area contributed by atoms with E-state index in [-0.39, 0.29) is 5.76 Å². The van der Waals surface area contributed by atoms with Gasteiger partial charge in [0.1, 0.15) is 0 Å². The smallest absolute Gasteiger partial charge is 0.313 e. The van der Waals surface area contributed by atoms with Crippen LogP contribution in [0.3, 0.4) is 0 Å². The van der Waals surface area contributed by atoms with Crippen LogP contribution in [-0.4, -0.2) is 11.1 Å². The fourth-order valence-electron chi connectivity index (χ4n) is 1.14. The molecule has 5 heteroatoms. The minimum Gasteiger partial charge on any atom is -0.351 e. The fraction of sp³-hybridized carbons (Fsp3) is 0.0909. The maximum Gasteiger partial charge on any atom is 0.313 e. The van der Waals surface area contributed by atoms with Crippen molar-refractivity contribution in [2.45, 2.75) is 6.61 Å². The molecule has 0 saturated carbocycles. The summed E-state index contributed by atoms with van der Waals surface area (Å²) < 4.78 is 4.66.